The van der Waals surface area contributed by atoms with Gasteiger partial charge in [0, 0.05) is 24.6 Å². The van der Waals surface area contributed by atoms with Crippen LogP contribution in [0.15, 0.2) is 30.7 Å². The highest BCUT2D eigenvalue weighted by Crippen LogP contribution is 2.13. The number of hydrogen-bond donors (Lipinski definition) is 1. The monoisotopic (exact) mass is 227 g/mol. The third kappa shape index (κ3) is 2.17. The number of nitrogens with zero attached hydrogens (tertiary/aromatic N) is 4. The summed E-state index contributed by atoms with van der Waals surface area (Å²) in [7, 11) is 1.90. The molecule has 0 saturated heterocycles. The molecule has 2 rings (SSSR count). The van der Waals surface area contributed by atoms with Gasteiger partial charge in [-0.25, -0.2) is 9.97 Å². The largest absolute Gasteiger partial charge is 0.313 e. The summed E-state index contributed by atoms with van der Waals surface area (Å²) in [6, 6.07) is 6.15. The zero-order valence-corrected chi connectivity index (χ0v) is 9.75. The molecule has 2 aromatic heterocycles. The highest BCUT2D eigenvalue weighted by molar-refractivity contribution is 5.31. The second-order valence-electron chi connectivity index (χ2n) is 3.69. The summed E-state index contributed by atoms with van der Waals surface area (Å²) < 4.78 is 1.66. The average molecular weight is 227 g/mol. The van der Waals surface area contributed by atoms with E-state index in [0.29, 0.717) is 11.6 Å². The summed E-state index contributed by atoms with van der Waals surface area (Å²) in [6.45, 7) is 2.06. The second-order valence-corrected chi connectivity index (χ2v) is 3.69. The third-order valence-electron chi connectivity index (χ3n) is 2.69. The van der Waals surface area contributed by atoms with Gasteiger partial charge in [0.2, 0.25) is 5.82 Å². The van der Waals surface area contributed by atoms with Crippen molar-refractivity contribution in [1.29, 1.82) is 5.26 Å². The highest BCUT2D eigenvalue weighted by atomic mass is 15.1. The second kappa shape index (κ2) is 4.76. The van der Waals surface area contributed by atoms with Crippen molar-refractivity contribution in [1.82, 2.24) is 19.9 Å². The standard InChI is InChI=1S/C12H13N5/c1-9(14-2)10-3-4-11(16-8-10)17-6-5-15-12(17)7-13/h3-6,8-9,14H,1-2H3. The average Bonchev–Trinajstić information content (AvgIpc) is 2.86. The van der Waals surface area contributed by atoms with Gasteiger partial charge in [-0.3, -0.25) is 4.57 Å². The Kier molecular flexibility index (Phi) is 3.17. The van der Waals surface area contributed by atoms with Crippen LogP contribution in [-0.4, -0.2) is 21.6 Å². The molecule has 0 radical (unpaired) electrons. The van der Waals surface area contributed by atoms with Crippen LogP contribution in [0.25, 0.3) is 5.82 Å². The zero-order valence-electron chi connectivity index (χ0n) is 9.75. The quantitative estimate of drug-likeness (QED) is 0.861. The molecule has 0 aliphatic carbocycles. The fourth-order valence-electron chi connectivity index (χ4n) is 1.53. The molecule has 0 spiro atoms. The van der Waals surface area contributed by atoms with E-state index >= 15 is 0 Å². The summed E-state index contributed by atoms with van der Waals surface area (Å²) in [5.74, 6) is 1.04. The van der Waals surface area contributed by atoms with Crippen molar-refractivity contribution < 1.29 is 0 Å². The maximum absolute atomic E-state index is 8.88. The van der Waals surface area contributed by atoms with Gasteiger partial charge >= 0.3 is 0 Å². The van der Waals surface area contributed by atoms with Gasteiger partial charge < -0.3 is 5.32 Å². The molecule has 86 valence electrons. The van der Waals surface area contributed by atoms with Gasteiger partial charge in [-0.1, -0.05) is 6.07 Å². The Morgan fingerprint density at radius 3 is 2.82 bits per heavy atom. The molecule has 1 N–H and O–H groups in total. The van der Waals surface area contributed by atoms with Crippen LogP contribution >= 0.6 is 0 Å². The van der Waals surface area contributed by atoms with Crippen molar-refractivity contribution in [2.24, 2.45) is 0 Å². The molecule has 0 bridgehead atoms. The van der Waals surface area contributed by atoms with Crippen LogP contribution in [0.4, 0.5) is 0 Å². The fourth-order valence-corrected chi connectivity index (χ4v) is 1.53. The van der Waals surface area contributed by atoms with Gasteiger partial charge in [0.05, 0.1) is 0 Å². The molecule has 5 heteroatoms. The van der Waals surface area contributed by atoms with Crippen LogP contribution in [0.3, 0.4) is 0 Å². The molecule has 0 saturated carbocycles. The lowest BCUT2D eigenvalue weighted by molar-refractivity contribution is 0.649. The number of nitrogens with one attached hydrogen (secondary N) is 1. The first-order valence-corrected chi connectivity index (χ1v) is 5.33. The van der Waals surface area contributed by atoms with Gasteiger partial charge in [0.25, 0.3) is 0 Å². The van der Waals surface area contributed by atoms with E-state index in [4.69, 9.17) is 5.26 Å². The van der Waals surface area contributed by atoms with E-state index in [1.807, 2.05) is 25.2 Å². The minimum absolute atomic E-state index is 0.259. The van der Waals surface area contributed by atoms with E-state index < -0.39 is 0 Å². The van der Waals surface area contributed by atoms with Crippen molar-refractivity contribution in [3.8, 4) is 11.9 Å². The molecule has 0 fully saturated rings. The Hall–Kier alpha value is -2.19. The lowest BCUT2D eigenvalue weighted by Crippen LogP contribution is -2.12. The van der Waals surface area contributed by atoms with Gasteiger partial charge in [-0.15, -0.1) is 0 Å². The molecular formula is C12H13N5. The van der Waals surface area contributed by atoms with E-state index in [0.717, 1.165) is 5.56 Å². The summed E-state index contributed by atoms with van der Waals surface area (Å²) >= 11 is 0. The molecule has 0 aliphatic heterocycles. The lowest BCUT2D eigenvalue weighted by Gasteiger charge is -2.10. The number of hydrogen-bond acceptors (Lipinski definition) is 4. The number of nitriles is 1. The number of pyridine rings is 1. The normalized spacial score (nSPS) is 12.1. The smallest absolute Gasteiger partial charge is 0.218 e. The van der Waals surface area contributed by atoms with Crippen LogP contribution < -0.4 is 5.32 Å². The SMILES string of the molecule is CNC(C)c1ccc(-n2ccnc2C#N)nc1. The predicted molar refractivity (Wildman–Crippen MR) is 63.5 cm³/mol. The summed E-state index contributed by atoms with van der Waals surface area (Å²) in [5, 5.41) is 12.0. The highest BCUT2D eigenvalue weighted by Gasteiger charge is 2.06. The summed E-state index contributed by atoms with van der Waals surface area (Å²) in [5.41, 5.74) is 1.11. The van der Waals surface area contributed by atoms with Gasteiger partial charge in [-0.05, 0) is 25.6 Å². The molecule has 0 amide bonds. The molecule has 2 aromatic rings. The van der Waals surface area contributed by atoms with Crippen LogP contribution in [0.1, 0.15) is 24.4 Å². The van der Waals surface area contributed by atoms with Crippen LogP contribution in [0.5, 0.6) is 0 Å². The predicted octanol–water partition coefficient (Wildman–Crippen LogP) is 1.42. The van der Waals surface area contributed by atoms with Crippen molar-refractivity contribution in [2.75, 3.05) is 7.05 Å². The Labute approximate surface area is 99.7 Å². The van der Waals surface area contributed by atoms with E-state index in [1.54, 1.807) is 23.2 Å². The molecule has 0 aliphatic rings. The van der Waals surface area contributed by atoms with E-state index in [9.17, 15) is 0 Å². The summed E-state index contributed by atoms with van der Waals surface area (Å²) in [6.07, 6.45) is 5.12. The Bertz CT molecular complexity index is 535. The summed E-state index contributed by atoms with van der Waals surface area (Å²) in [4.78, 5) is 8.26. The van der Waals surface area contributed by atoms with E-state index in [2.05, 4.69) is 22.2 Å². The molecule has 5 nitrogen and oxygen atoms in total. The minimum atomic E-state index is 0.259. The van der Waals surface area contributed by atoms with Crippen molar-refractivity contribution in [3.63, 3.8) is 0 Å². The topological polar surface area (TPSA) is 66.5 Å². The zero-order chi connectivity index (χ0) is 12.3. The molecule has 1 unspecified atom stereocenters. The number of aromatic nitrogens is 3. The van der Waals surface area contributed by atoms with Crippen molar-refractivity contribution in [2.45, 2.75) is 13.0 Å². The van der Waals surface area contributed by atoms with E-state index in [1.165, 1.54) is 0 Å². The molecule has 17 heavy (non-hydrogen) atoms. The van der Waals surface area contributed by atoms with Crippen LogP contribution in [-0.2, 0) is 0 Å². The van der Waals surface area contributed by atoms with Crippen molar-refractivity contribution in [3.05, 3.63) is 42.1 Å². The maximum Gasteiger partial charge on any atom is 0.218 e. The molecule has 2 heterocycles. The third-order valence-corrected chi connectivity index (χ3v) is 2.69. The van der Waals surface area contributed by atoms with Crippen molar-refractivity contribution >= 4 is 0 Å². The molecule has 1 atom stereocenters. The molecular weight excluding hydrogens is 214 g/mol. The first-order chi connectivity index (χ1) is 8.26. The molecule has 0 aromatic carbocycles. The Balaban J connectivity index is 2.33. The Morgan fingerprint density at radius 1 is 1.41 bits per heavy atom. The lowest BCUT2D eigenvalue weighted by atomic mass is 10.1. The minimum Gasteiger partial charge on any atom is -0.313 e. The van der Waals surface area contributed by atoms with Crippen LogP contribution in [0.2, 0.25) is 0 Å². The number of imidazole rings is 1. The van der Waals surface area contributed by atoms with Gasteiger partial charge in [0.15, 0.2) is 0 Å². The van der Waals surface area contributed by atoms with E-state index in [-0.39, 0.29) is 6.04 Å². The number of rotatable bonds is 3. The first-order valence-electron chi connectivity index (χ1n) is 5.33. The Morgan fingerprint density at radius 2 is 2.24 bits per heavy atom. The maximum atomic E-state index is 8.88. The van der Waals surface area contributed by atoms with Gasteiger partial charge in [0.1, 0.15) is 11.9 Å². The van der Waals surface area contributed by atoms with Crippen LogP contribution in [0, 0.1) is 11.3 Å². The fraction of sp³-hybridized carbons (Fsp3) is 0.250. The van der Waals surface area contributed by atoms with Gasteiger partial charge in [-0.2, -0.15) is 5.26 Å². The first kappa shape index (κ1) is 11.3.